The lowest BCUT2D eigenvalue weighted by atomic mass is 10.1. The molecule has 1 aromatic carbocycles. The van der Waals surface area contributed by atoms with Gasteiger partial charge in [-0.1, -0.05) is 0 Å². The fourth-order valence-electron chi connectivity index (χ4n) is 3.57. The molecule has 1 N–H and O–H groups in total. The quantitative estimate of drug-likeness (QED) is 0.311. The summed E-state index contributed by atoms with van der Waals surface area (Å²) in [5, 5.41) is 14.8. The molecule has 5 rings (SSSR count). The Morgan fingerprint density at radius 2 is 1.95 bits per heavy atom. The first-order valence-corrected chi connectivity index (χ1v) is 12.6. The SMILES string of the molecule is Cn1cc(NC(=O)c2cnn3cccnc23)c(-c2cc(Oc3cnn(S(C)(=O)=O)c3)ccc2OC(F)F)n1. The number of nitrogens with zero attached hydrogens (tertiary/aromatic N) is 7. The second kappa shape index (κ2) is 9.55. The second-order valence-corrected chi connectivity index (χ2v) is 9.76. The summed E-state index contributed by atoms with van der Waals surface area (Å²) in [6, 6.07) is 5.62. The van der Waals surface area contributed by atoms with Crippen LogP contribution in [0.3, 0.4) is 0 Å². The van der Waals surface area contributed by atoms with E-state index in [1.807, 2.05) is 0 Å². The maximum absolute atomic E-state index is 13.2. The number of halogens is 2. The number of aromatic nitrogens is 7. The highest BCUT2D eigenvalue weighted by molar-refractivity contribution is 7.89. The zero-order valence-electron chi connectivity index (χ0n) is 19.7. The minimum atomic E-state index is -3.63. The fraction of sp³-hybridized carbons (Fsp3) is 0.136. The van der Waals surface area contributed by atoms with E-state index in [0.717, 1.165) is 16.5 Å². The molecule has 0 bridgehead atoms. The molecule has 0 aliphatic carbocycles. The summed E-state index contributed by atoms with van der Waals surface area (Å²) in [5.41, 5.74) is 0.881. The van der Waals surface area contributed by atoms with E-state index in [1.165, 1.54) is 52.2 Å². The van der Waals surface area contributed by atoms with Crippen LogP contribution in [-0.4, -0.2) is 60.8 Å². The van der Waals surface area contributed by atoms with Crippen LogP contribution < -0.4 is 14.8 Å². The molecule has 0 atom stereocenters. The van der Waals surface area contributed by atoms with Crippen LogP contribution in [0.5, 0.6) is 17.2 Å². The second-order valence-electron chi connectivity index (χ2n) is 7.92. The van der Waals surface area contributed by atoms with E-state index < -0.39 is 22.5 Å². The number of hydrogen-bond donors (Lipinski definition) is 1. The fourth-order valence-corrected chi connectivity index (χ4v) is 4.09. The summed E-state index contributed by atoms with van der Waals surface area (Å²) in [4.78, 5) is 17.2. The monoisotopic (exact) mass is 544 g/mol. The Labute approximate surface area is 213 Å². The zero-order chi connectivity index (χ0) is 27.0. The molecule has 1 amide bonds. The summed E-state index contributed by atoms with van der Waals surface area (Å²) in [7, 11) is -2.05. The Morgan fingerprint density at radius 1 is 1.13 bits per heavy atom. The maximum atomic E-state index is 13.2. The third kappa shape index (κ3) is 5.01. The van der Waals surface area contributed by atoms with Crippen molar-refractivity contribution in [3.63, 3.8) is 0 Å². The molecule has 196 valence electrons. The largest absolute Gasteiger partial charge is 0.454 e. The third-order valence-corrected chi connectivity index (χ3v) is 6.01. The van der Waals surface area contributed by atoms with Crippen LogP contribution in [0.2, 0.25) is 0 Å². The van der Waals surface area contributed by atoms with E-state index in [4.69, 9.17) is 4.74 Å². The Kier molecular flexibility index (Phi) is 6.23. The van der Waals surface area contributed by atoms with Crippen molar-refractivity contribution >= 4 is 27.3 Å². The Balaban J connectivity index is 1.51. The highest BCUT2D eigenvalue weighted by atomic mass is 32.2. The molecule has 4 aromatic heterocycles. The lowest BCUT2D eigenvalue weighted by Gasteiger charge is -2.13. The summed E-state index contributed by atoms with van der Waals surface area (Å²) >= 11 is 0. The van der Waals surface area contributed by atoms with Crippen LogP contribution in [0, 0.1) is 0 Å². The highest BCUT2D eigenvalue weighted by Crippen LogP contribution is 2.38. The van der Waals surface area contributed by atoms with E-state index >= 15 is 0 Å². The van der Waals surface area contributed by atoms with Crippen LogP contribution in [0.25, 0.3) is 16.9 Å². The summed E-state index contributed by atoms with van der Waals surface area (Å²) in [6.07, 6.45) is 9.29. The number of amides is 1. The molecule has 0 aliphatic rings. The summed E-state index contributed by atoms with van der Waals surface area (Å²) < 4.78 is 63.6. The van der Waals surface area contributed by atoms with E-state index in [-0.39, 0.29) is 39.8 Å². The summed E-state index contributed by atoms with van der Waals surface area (Å²) in [5.74, 6) is -0.556. The van der Waals surface area contributed by atoms with Gasteiger partial charge in [-0.25, -0.2) is 17.9 Å². The first kappa shape index (κ1) is 24.8. The average molecular weight is 545 g/mol. The van der Waals surface area contributed by atoms with Crippen molar-refractivity contribution in [2.45, 2.75) is 6.61 Å². The van der Waals surface area contributed by atoms with Crippen LogP contribution in [0.4, 0.5) is 14.5 Å². The molecular formula is C22H18F2N8O5S. The Morgan fingerprint density at radius 3 is 2.68 bits per heavy atom. The number of anilines is 1. The van der Waals surface area contributed by atoms with Gasteiger partial charge >= 0.3 is 6.61 Å². The van der Waals surface area contributed by atoms with Crippen molar-refractivity contribution in [3.8, 4) is 28.5 Å². The number of alkyl halides is 2. The molecular weight excluding hydrogens is 526 g/mol. The van der Waals surface area contributed by atoms with Gasteiger partial charge in [0.2, 0.25) is 0 Å². The molecule has 0 unspecified atom stereocenters. The molecule has 16 heteroatoms. The van der Waals surface area contributed by atoms with E-state index in [9.17, 15) is 22.0 Å². The molecule has 4 heterocycles. The molecule has 0 saturated heterocycles. The van der Waals surface area contributed by atoms with Gasteiger partial charge in [0.25, 0.3) is 15.9 Å². The van der Waals surface area contributed by atoms with Crippen LogP contribution in [0.15, 0.2) is 61.4 Å². The standard InChI is InChI=1S/C22H18F2N8O5S/c1-30-12-17(28-21(33)16-10-26-31-7-3-6-25-20(16)31)19(29-30)15-8-13(4-5-18(15)37-22(23)24)36-14-9-27-32(11-14)38(2,34)35/h3-12,22H,1-2H3,(H,28,33). The molecule has 38 heavy (non-hydrogen) atoms. The van der Waals surface area contributed by atoms with Crippen LogP contribution in [-0.2, 0) is 17.1 Å². The normalized spacial score (nSPS) is 11.7. The van der Waals surface area contributed by atoms with Gasteiger partial charge in [0, 0.05) is 25.6 Å². The van der Waals surface area contributed by atoms with Crippen molar-refractivity contribution in [2.75, 3.05) is 11.6 Å². The molecule has 0 spiro atoms. The predicted molar refractivity (Wildman–Crippen MR) is 129 cm³/mol. The number of hydrogen-bond acceptors (Lipinski definition) is 9. The van der Waals surface area contributed by atoms with Crippen molar-refractivity contribution in [1.29, 1.82) is 0 Å². The first-order valence-electron chi connectivity index (χ1n) is 10.7. The van der Waals surface area contributed by atoms with Gasteiger partial charge < -0.3 is 14.8 Å². The molecule has 13 nitrogen and oxygen atoms in total. The van der Waals surface area contributed by atoms with Crippen LogP contribution >= 0.6 is 0 Å². The van der Waals surface area contributed by atoms with E-state index in [1.54, 1.807) is 19.3 Å². The van der Waals surface area contributed by atoms with Gasteiger partial charge in [-0.3, -0.25) is 9.48 Å². The molecule has 0 radical (unpaired) electrons. The lowest BCUT2D eigenvalue weighted by Crippen LogP contribution is -2.12. The predicted octanol–water partition coefficient (Wildman–Crippen LogP) is 2.78. The highest BCUT2D eigenvalue weighted by Gasteiger charge is 2.22. The molecule has 0 aliphatic heterocycles. The lowest BCUT2D eigenvalue weighted by molar-refractivity contribution is -0.0494. The van der Waals surface area contributed by atoms with Crippen molar-refractivity contribution in [1.82, 2.24) is 33.6 Å². The zero-order valence-corrected chi connectivity index (χ0v) is 20.5. The minimum Gasteiger partial charge on any atom is -0.454 e. The number of fused-ring (bicyclic) bond motifs is 1. The van der Waals surface area contributed by atoms with Crippen molar-refractivity contribution in [3.05, 3.63) is 67.0 Å². The number of carbonyl (C=O) groups is 1. The number of carbonyl (C=O) groups excluding carboxylic acids is 1. The van der Waals surface area contributed by atoms with Gasteiger partial charge in [0.15, 0.2) is 11.4 Å². The van der Waals surface area contributed by atoms with Gasteiger partial charge in [0.05, 0.1) is 36.1 Å². The average Bonchev–Trinajstić information content (AvgIpc) is 3.58. The number of nitrogens with one attached hydrogen (secondary N) is 1. The molecule has 5 aromatic rings. The number of aryl methyl sites for hydroxylation is 1. The summed E-state index contributed by atoms with van der Waals surface area (Å²) in [6.45, 7) is -3.14. The van der Waals surface area contributed by atoms with Gasteiger partial charge in [-0.05, 0) is 24.3 Å². The minimum absolute atomic E-state index is 0.0761. The van der Waals surface area contributed by atoms with E-state index in [2.05, 4.69) is 30.3 Å². The van der Waals surface area contributed by atoms with Gasteiger partial charge in [-0.2, -0.15) is 28.2 Å². The third-order valence-electron chi connectivity index (χ3n) is 5.14. The molecule has 0 fully saturated rings. The number of benzene rings is 1. The maximum Gasteiger partial charge on any atom is 0.387 e. The number of rotatable bonds is 8. The van der Waals surface area contributed by atoms with E-state index in [0.29, 0.717) is 5.65 Å². The Bertz CT molecular complexity index is 1760. The smallest absolute Gasteiger partial charge is 0.387 e. The van der Waals surface area contributed by atoms with Crippen molar-refractivity contribution in [2.24, 2.45) is 7.05 Å². The van der Waals surface area contributed by atoms with Crippen molar-refractivity contribution < 1.29 is 31.5 Å². The van der Waals surface area contributed by atoms with Crippen LogP contribution in [0.1, 0.15) is 10.4 Å². The van der Waals surface area contributed by atoms with Gasteiger partial charge in [-0.15, -0.1) is 0 Å². The van der Waals surface area contributed by atoms with Gasteiger partial charge in [0.1, 0.15) is 22.8 Å². The molecule has 0 saturated carbocycles. The Hall–Kier alpha value is -4.86. The first-order chi connectivity index (χ1) is 18.1. The topological polar surface area (TPSA) is 148 Å². The number of ether oxygens (including phenoxy) is 2.